The van der Waals surface area contributed by atoms with E-state index in [1.165, 1.54) is 6.42 Å². The van der Waals surface area contributed by atoms with Crippen LogP contribution < -0.4 is 10.4 Å². The maximum Gasteiger partial charge on any atom is 0.338 e. The third-order valence-electron chi connectivity index (χ3n) is 5.07. The SMILES string of the molecule is CCOC(=O)C1=C(NN(C)c2ccccc2)C(=O)N(C2CCCCC2)C1. The van der Waals surface area contributed by atoms with Crippen LogP contribution in [0.15, 0.2) is 41.6 Å². The van der Waals surface area contributed by atoms with Crippen molar-refractivity contribution in [2.24, 2.45) is 0 Å². The third-order valence-corrected chi connectivity index (χ3v) is 5.07. The fourth-order valence-electron chi connectivity index (χ4n) is 3.67. The van der Waals surface area contributed by atoms with E-state index in [9.17, 15) is 9.59 Å². The molecule has 6 nitrogen and oxygen atoms in total. The van der Waals surface area contributed by atoms with Gasteiger partial charge in [-0.3, -0.25) is 15.2 Å². The first kappa shape index (κ1) is 18.3. The van der Waals surface area contributed by atoms with E-state index in [-0.39, 0.29) is 11.9 Å². The number of anilines is 1. The van der Waals surface area contributed by atoms with Crippen LogP contribution in [0.2, 0.25) is 0 Å². The van der Waals surface area contributed by atoms with Crippen LogP contribution in [0.4, 0.5) is 5.69 Å². The molecule has 0 radical (unpaired) electrons. The van der Waals surface area contributed by atoms with Crippen LogP contribution in [-0.2, 0) is 14.3 Å². The average molecular weight is 357 g/mol. The molecule has 1 N–H and O–H groups in total. The minimum atomic E-state index is -0.414. The van der Waals surface area contributed by atoms with Crippen LogP contribution in [0.5, 0.6) is 0 Å². The van der Waals surface area contributed by atoms with Gasteiger partial charge in [-0.25, -0.2) is 4.79 Å². The number of carbonyl (C=O) groups excluding carboxylic acids is 2. The molecule has 0 unspecified atom stereocenters. The van der Waals surface area contributed by atoms with Crippen molar-refractivity contribution in [3.8, 4) is 0 Å². The smallest absolute Gasteiger partial charge is 0.338 e. The summed E-state index contributed by atoms with van der Waals surface area (Å²) in [7, 11) is 1.83. The molecule has 0 saturated heterocycles. The largest absolute Gasteiger partial charge is 0.463 e. The summed E-state index contributed by atoms with van der Waals surface area (Å²) < 4.78 is 5.19. The number of benzene rings is 1. The summed E-state index contributed by atoms with van der Waals surface area (Å²) in [4.78, 5) is 27.3. The molecule has 1 aliphatic carbocycles. The summed E-state index contributed by atoms with van der Waals surface area (Å²) in [6, 6.07) is 9.89. The number of amides is 1. The van der Waals surface area contributed by atoms with Crippen molar-refractivity contribution in [2.45, 2.75) is 45.1 Å². The minimum absolute atomic E-state index is 0.109. The van der Waals surface area contributed by atoms with Crippen molar-refractivity contribution in [3.63, 3.8) is 0 Å². The number of nitrogens with one attached hydrogen (secondary N) is 1. The second kappa shape index (κ2) is 8.25. The molecule has 0 bridgehead atoms. The van der Waals surface area contributed by atoms with Gasteiger partial charge < -0.3 is 9.64 Å². The van der Waals surface area contributed by atoms with E-state index in [4.69, 9.17) is 4.74 Å². The summed E-state index contributed by atoms with van der Waals surface area (Å²) in [6.07, 6.45) is 5.50. The van der Waals surface area contributed by atoms with Crippen molar-refractivity contribution in [3.05, 3.63) is 41.6 Å². The fraction of sp³-hybridized carbons (Fsp3) is 0.500. The lowest BCUT2D eigenvalue weighted by molar-refractivity contribution is -0.138. The van der Waals surface area contributed by atoms with Crippen molar-refractivity contribution in [2.75, 3.05) is 25.2 Å². The Kier molecular flexibility index (Phi) is 5.81. The van der Waals surface area contributed by atoms with E-state index < -0.39 is 5.97 Å². The zero-order valence-electron chi connectivity index (χ0n) is 15.5. The highest BCUT2D eigenvalue weighted by Crippen LogP contribution is 2.29. The van der Waals surface area contributed by atoms with Crippen LogP contribution in [0.25, 0.3) is 0 Å². The average Bonchev–Trinajstić information content (AvgIpc) is 3.00. The van der Waals surface area contributed by atoms with Gasteiger partial charge in [0.25, 0.3) is 5.91 Å². The standard InChI is InChI=1S/C20H27N3O3/c1-3-26-20(25)17-14-23(16-12-8-5-9-13-16)19(24)18(17)21-22(2)15-10-6-4-7-11-15/h4,6-7,10-11,16,21H,3,5,8-9,12-14H2,1-2H3. The lowest BCUT2D eigenvalue weighted by atomic mass is 9.94. The quantitative estimate of drug-likeness (QED) is 0.626. The highest BCUT2D eigenvalue weighted by Gasteiger charge is 2.39. The Morgan fingerprint density at radius 3 is 2.58 bits per heavy atom. The number of nitrogens with zero attached hydrogens (tertiary/aromatic N) is 2. The minimum Gasteiger partial charge on any atom is -0.463 e. The topological polar surface area (TPSA) is 61.9 Å². The Bertz CT molecular complexity index is 681. The molecule has 0 atom stereocenters. The van der Waals surface area contributed by atoms with Gasteiger partial charge in [-0.05, 0) is 31.9 Å². The summed E-state index contributed by atoms with van der Waals surface area (Å²) in [5.41, 5.74) is 4.79. The zero-order valence-corrected chi connectivity index (χ0v) is 15.5. The first-order chi connectivity index (χ1) is 12.6. The van der Waals surface area contributed by atoms with E-state index in [1.807, 2.05) is 42.3 Å². The van der Waals surface area contributed by atoms with Crippen LogP contribution in [0, 0.1) is 0 Å². The number of hydrogen-bond acceptors (Lipinski definition) is 5. The summed E-state index contributed by atoms with van der Waals surface area (Å²) in [6.45, 7) is 2.40. The van der Waals surface area contributed by atoms with Gasteiger partial charge >= 0.3 is 5.97 Å². The predicted molar refractivity (Wildman–Crippen MR) is 100 cm³/mol. The van der Waals surface area contributed by atoms with Gasteiger partial charge in [0.1, 0.15) is 5.70 Å². The number of rotatable bonds is 6. The van der Waals surface area contributed by atoms with Gasteiger partial charge in [0.2, 0.25) is 0 Å². The normalized spacial score (nSPS) is 18.2. The summed E-state index contributed by atoms with van der Waals surface area (Å²) in [5, 5.41) is 1.76. The van der Waals surface area contributed by atoms with Gasteiger partial charge in [0.15, 0.2) is 0 Å². The fourth-order valence-corrected chi connectivity index (χ4v) is 3.67. The molecule has 1 aromatic rings. The number of esters is 1. The second-order valence-electron chi connectivity index (χ2n) is 6.81. The monoisotopic (exact) mass is 357 g/mol. The number of hydrogen-bond donors (Lipinski definition) is 1. The van der Waals surface area contributed by atoms with Gasteiger partial charge in [0.05, 0.1) is 24.4 Å². The highest BCUT2D eigenvalue weighted by molar-refractivity contribution is 6.06. The Hall–Kier alpha value is -2.50. The first-order valence-corrected chi connectivity index (χ1v) is 9.38. The van der Waals surface area contributed by atoms with E-state index in [1.54, 1.807) is 11.9 Å². The maximum absolute atomic E-state index is 13.1. The Morgan fingerprint density at radius 1 is 1.23 bits per heavy atom. The lowest BCUT2D eigenvalue weighted by Crippen LogP contribution is -2.43. The van der Waals surface area contributed by atoms with E-state index in [0.717, 1.165) is 31.4 Å². The second-order valence-corrected chi connectivity index (χ2v) is 6.81. The van der Waals surface area contributed by atoms with E-state index >= 15 is 0 Å². The van der Waals surface area contributed by atoms with Gasteiger partial charge in [-0.2, -0.15) is 0 Å². The van der Waals surface area contributed by atoms with Crippen LogP contribution in [-0.4, -0.2) is 43.0 Å². The molecule has 1 saturated carbocycles. The van der Waals surface area contributed by atoms with Gasteiger partial charge in [-0.15, -0.1) is 0 Å². The zero-order chi connectivity index (χ0) is 18.5. The third kappa shape index (κ3) is 3.84. The van der Waals surface area contributed by atoms with Crippen LogP contribution in [0.1, 0.15) is 39.0 Å². The molecule has 2 aliphatic rings. The summed E-state index contributed by atoms with van der Waals surface area (Å²) >= 11 is 0. The molecular formula is C20H27N3O3. The maximum atomic E-state index is 13.1. The van der Waals surface area contributed by atoms with Crippen molar-refractivity contribution >= 4 is 17.6 Å². The Morgan fingerprint density at radius 2 is 1.92 bits per heavy atom. The van der Waals surface area contributed by atoms with Crippen molar-refractivity contribution in [1.82, 2.24) is 10.3 Å². The molecule has 0 spiro atoms. The first-order valence-electron chi connectivity index (χ1n) is 9.38. The van der Waals surface area contributed by atoms with Crippen molar-refractivity contribution in [1.29, 1.82) is 0 Å². The molecule has 140 valence electrons. The van der Waals surface area contributed by atoms with E-state index in [0.29, 0.717) is 24.4 Å². The molecule has 6 heteroatoms. The van der Waals surface area contributed by atoms with Gasteiger partial charge in [-0.1, -0.05) is 37.5 Å². The number of ether oxygens (including phenoxy) is 1. The van der Waals surface area contributed by atoms with Crippen LogP contribution in [0.3, 0.4) is 0 Å². The Balaban J connectivity index is 1.82. The molecule has 0 aromatic heterocycles. The molecule has 3 rings (SSSR count). The lowest BCUT2D eigenvalue weighted by Gasteiger charge is -2.31. The van der Waals surface area contributed by atoms with Gasteiger partial charge in [0, 0.05) is 13.1 Å². The molecule has 1 heterocycles. The van der Waals surface area contributed by atoms with E-state index in [2.05, 4.69) is 5.43 Å². The molecule has 1 amide bonds. The number of carbonyl (C=O) groups is 2. The predicted octanol–water partition coefficient (Wildman–Crippen LogP) is 2.62. The number of para-hydroxylation sites is 1. The molecule has 1 aliphatic heterocycles. The van der Waals surface area contributed by atoms with Crippen LogP contribution >= 0.6 is 0 Å². The summed E-state index contributed by atoms with van der Waals surface area (Å²) in [5.74, 6) is -0.522. The highest BCUT2D eigenvalue weighted by atomic mass is 16.5. The molecular weight excluding hydrogens is 330 g/mol. The molecule has 1 aromatic carbocycles. The van der Waals surface area contributed by atoms with Crippen molar-refractivity contribution < 1.29 is 14.3 Å². The molecule has 26 heavy (non-hydrogen) atoms. The Labute approximate surface area is 154 Å². The molecule has 1 fully saturated rings. The number of hydrazine groups is 1.